The third-order valence-electron chi connectivity index (χ3n) is 3.43. The number of benzene rings is 1. The fraction of sp³-hybridized carbons (Fsp3) is 0.533. The predicted octanol–water partition coefficient (Wildman–Crippen LogP) is 3.37. The molecule has 112 valence electrons. The van der Waals surface area contributed by atoms with Gasteiger partial charge in [-0.2, -0.15) is 0 Å². The lowest BCUT2D eigenvalue weighted by Crippen LogP contribution is -2.40. The van der Waals surface area contributed by atoms with Crippen LogP contribution >= 0.6 is 11.6 Å². The molecule has 0 aliphatic rings. The van der Waals surface area contributed by atoms with Crippen molar-refractivity contribution in [2.75, 3.05) is 24.6 Å². The molecule has 0 spiro atoms. The minimum atomic E-state index is -0.203. The van der Waals surface area contributed by atoms with Crippen LogP contribution in [0.1, 0.15) is 33.1 Å². The first-order valence-electron chi connectivity index (χ1n) is 7.01. The SMILES string of the molecule is CCCCCN(C)C(C)C(=O)Nc1cc(Cl)ccc1N. The number of anilines is 2. The summed E-state index contributed by atoms with van der Waals surface area (Å²) in [4.78, 5) is 14.2. The number of carbonyl (C=O) groups excluding carboxylic acids is 1. The molecule has 0 heterocycles. The molecule has 1 amide bonds. The lowest BCUT2D eigenvalue weighted by Gasteiger charge is -2.24. The average molecular weight is 298 g/mol. The topological polar surface area (TPSA) is 58.4 Å². The molecule has 0 bridgehead atoms. The van der Waals surface area contributed by atoms with E-state index in [0.717, 1.165) is 13.0 Å². The molecule has 1 unspecified atom stereocenters. The van der Waals surface area contributed by atoms with Gasteiger partial charge in [-0.1, -0.05) is 31.4 Å². The lowest BCUT2D eigenvalue weighted by molar-refractivity contribution is -0.120. The summed E-state index contributed by atoms with van der Waals surface area (Å²) in [5.41, 5.74) is 6.91. The van der Waals surface area contributed by atoms with Crippen molar-refractivity contribution in [3.63, 3.8) is 0 Å². The Balaban J connectivity index is 2.58. The number of rotatable bonds is 7. The molecule has 5 heteroatoms. The molecule has 1 rings (SSSR count). The molecule has 0 saturated heterocycles. The van der Waals surface area contributed by atoms with Gasteiger partial charge in [0.1, 0.15) is 0 Å². The first-order chi connectivity index (χ1) is 9.45. The third-order valence-corrected chi connectivity index (χ3v) is 3.66. The summed E-state index contributed by atoms with van der Waals surface area (Å²) in [6.45, 7) is 4.97. The largest absolute Gasteiger partial charge is 0.397 e. The summed E-state index contributed by atoms with van der Waals surface area (Å²) in [5.74, 6) is -0.0713. The maximum atomic E-state index is 12.2. The van der Waals surface area contributed by atoms with E-state index in [1.807, 2.05) is 18.9 Å². The second-order valence-electron chi connectivity index (χ2n) is 5.08. The summed E-state index contributed by atoms with van der Waals surface area (Å²) >= 11 is 5.91. The lowest BCUT2D eigenvalue weighted by atomic mass is 10.2. The highest BCUT2D eigenvalue weighted by Gasteiger charge is 2.18. The average Bonchev–Trinajstić information content (AvgIpc) is 2.42. The maximum Gasteiger partial charge on any atom is 0.241 e. The molecule has 0 fully saturated rings. The van der Waals surface area contributed by atoms with Crippen LogP contribution in [0.4, 0.5) is 11.4 Å². The summed E-state index contributed by atoms with van der Waals surface area (Å²) in [6, 6.07) is 4.85. The molecule has 1 aromatic rings. The maximum absolute atomic E-state index is 12.2. The molecule has 1 atom stereocenters. The highest BCUT2D eigenvalue weighted by Crippen LogP contribution is 2.23. The summed E-state index contributed by atoms with van der Waals surface area (Å²) < 4.78 is 0. The van der Waals surface area contributed by atoms with Gasteiger partial charge in [-0.15, -0.1) is 0 Å². The number of unbranched alkanes of at least 4 members (excludes halogenated alkanes) is 2. The van der Waals surface area contributed by atoms with Gasteiger partial charge in [0, 0.05) is 5.02 Å². The number of amides is 1. The third kappa shape index (κ3) is 5.02. The van der Waals surface area contributed by atoms with E-state index in [2.05, 4.69) is 12.2 Å². The van der Waals surface area contributed by atoms with Crippen LogP contribution in [0, 0.1) is 0 Å². The second kappa shape index (κ2) is 8.12. The van der Waals surface area contributed by atoms with Crippen LogP contribution in [0.15, 0.2) is 18.2 Å². The minimum Gasteiger partial charge on any atom is -0.397 e. The van der Waals surface area contributed by atoms with E-state index in [-0.39, 0.29) is 11.9 Å². The number of nitrogens with one attached hydrogen (secondary N) is 1. The highest BCUT2D eigenvalue weighted by molar-refractivity contribution is 6.31. The Hall–Kier alpha value is -1.26. The zero-order chi connectivity index (χ0) is 15.1. The van der Waals surface area contributed by atoms with Crippen molar-refractivity contribution in [2.45, 2.75) is 39.2 Å². The quantitative estimate of drug-likeness (QED) is 0.599. The van der Waals surface area contributed by atoms with E-state index in [0.29, 0.717) is 16.4 Å². The van der Waals surface area contributed by atoms with Gasteiger partial charge >= 0.3 is 0 Å². The number of carbonyl (C=O) groups is 1. The standard InChI is InChI=1S/C15H24ClN3O/c1-4-5-6-9-19(3)11(2)15(20)18-14-10-12(16)7-8-13(14)17/h7-8,10-11H,4-6,9,17H2,1-3H3,(H,18,20). The molecular formula is C15H24ClN3O. The first kappa shape index (κ1) is 16.8. The fourth-order valence-electron chi connectivity index (χ4n) is 1.88. The Labute approximate surface area is 126 Å². The Bertz CT molecular complexity index is 451. The summed E-state index contributed by atoms with van der Waals surface area (Å²) in [5, 5.41) is 3.39. The van der Waals surface area contributed by atoms with Crippen LogP contribution < -0.4 is 11.1 Å². The van der Waals surface area contributed by atoms with Crippen molar-refractivity contribution in [1.82, 2.24) is 4.90 Å². The Morgan fingerprint density at radius 2 is 2.15 bits per heavy atom. The normalized spacial score (nSPS) is 12.4. The number of nitrogen functional groups attached to an aromatic ring is 1. The van der Waals surface area contributed by atoms with Crippen LogP contribution in [0.25, 0.3) is 0 Å². The van der Waals surface area contributed by atoms with Crippen molar-refractivity contribution in [2.24, 2.45) is 0 Å². The van der Waals surface area contributed by atoms with Crippen molar-refractivity contribution in [3.8, 4) is 0 Å². The molecule has 0 aliphatic heterocycles. The van der Waals surface area contributed by atoms with Crippen LogP contribution in [-0.2, 0) is 4.79 Å². The van der Waals surface area contributed by atoms with Gasteiger partial charge in [0.05, 0.1) is 17.4 Å². The number of nitrogens with two attached hydrogens (primary N) is 1. The van der Waals surface area contributed by atoms with Crippen molar-refractivity contribution in [1.29, 1.82) is 0 Å². The van der Waals surface area contributed by atoms with Gasteiger partial charge < -0.3 is 11.1 Å². The Kier molecular flexibility index (Phi) is 6.82. The Morgan fingerprint density at radius 1 is 1.45 bits per heavy atom. The zero-order valence-electron chi connectivity index (χ0n) is 12.4. The van der Waals surface area contributed by atoms with E-state index in [1.165, 1.54) is 12.8 Å². The number of hydrogen-bond acceptors (Lipinski definition) is 3. The van der Waals surface area contributed by atoms with Gasteiger partial charge in [0.15, 0.2) is 0 Å². The zero-order valence-corrected chi connectivity index (χ0v) is 13.2. The highest BCUT2D eigenvalue weighted by atomic mass is 35.5. The molecule has 0 saturated carbocycles. The molecule has 0 aliphatic carbocycles. The fourth-order valence-corrected chi connectivity index (χ4v) is 2.05. The molecule has 0 aromatic heterocycles. The molecule has 0 radical (unpaired) electrons. The van der Waals surface area contributed by atoms with Crippen LogP contribution in [-0.4, -0.2) is 30.4 Å². The Morgan fingerprint density at radius 3 is 2.80 bits per heavy atom. The predicted molar refractivity (Wildman–Crippen MR) is 86.1 cm³/mol. The number of likely N-dealkylation sites (N-methyl/N-ethyl adjacent to an activating group) is 1. The van der Waals surface area contributed by atoms with Gasteiger partial charge in [0.2, 0.25) is 5.91 Å². The van der Waals surface area contributed by atoms with Crippen LogP contribution in [0.5, 0.6) is 0 Å². The molecule has 20 heavy (non-hydrogen) atoms. The summed E-state index contributed by atoms with van der Waals surface area (Å²) in [6.07, 6.45) is 3.46. The van der Waals surface area contributed by atoms with E-state index in [9.17, 15) is 4.79 Å². The minimum absolute atomic E-state index is 0.0713. The van der Waals surface area contributed by atoms with E-state index < -0.39 is 0 Å². The van der Waals surface area contributed by atoms with E-state index in [4.69, 9.17) is 17.3 Å². The van der Waals surface area contributed by atoms with E-state index in [1.54, 1.807) is 18.2 Å². The molecule has 4 nitrogen and oxygen atoms in total. The number of nitrogens with zero attached hydrogens (tertiary/aromatic N) is 1. The molecule has 3 N–H and O–H groups in total. The molecular weight excluding hydrogens is 274 g/mol. The van der Waals surface area contributed by atoms with Gasteiger partial charge in [-0.3, -0.25) is 9.69 Å². The number of halogens is 1. The number of hydrogen-bond donors (Lipinski definition) is 2. The van der Waals surface area contributed by atoms with Crippen molar-refractivity contribution < 1.29 is 4.79 Å². The summed E-state index contributed by atoms with van der Waals surface area (Å²) in [7, 11) is 1.96. The molecule has 1 aromatic carbocycles. The van der Waals surface area contributed by atoms with Gasteiger partial charge in [-0.25, -0.2) is 0 Å². The van der Waals surface area contributed by atoms with Crippen LogP contribution in [0.2, 0.25) is 5.02 Å². The van der Waals surface area contributed by atoms with Crippen molar-refractivity contribution >= 4 is 28.9 Å². The first-order valence-corrected chi connectivity index (χ1v) is 7.39. The van der Waals surface area contributed by atoms with Crippen molar-refractivity contribution in [3.05, 3.63) is 23.2 Å². The van der Waals surface area contributed by atoms with E-state index >= 15 is 0 Å². The van der Waals surface area contributed by atoms with Gasteiger partial charge in [-0.05, 0) is 45.1 Å². The second-order valence-corrected chi connectivity index (χ2v) is 5.52. The van der Waals surface area contributed by atoms with Crippen LogP contribution in [0.3, 0.4) is 0 Å². The smallest absolute Gasteiger partial charge is 0.241 e. The monoisotopic (exact) mass is 297 g/mol. The van der Waals surface area contributed by atoms with Gasteiger partial charge in [0.25, 0.3) is 0 Å².